The number of thiazole rings is 1. The Kier molecular flexibility index (Phi) is 11.6. The van der Waals surface area contributed by atoms with Gasteiger partial charge in [-0.05, 0) is 39.2 Å². The van der Waals surface area contributed by atoms with E-state index in [-0.39, 0.29) is 24.0 Å². The summed E-state index contributed by atoms with van der Waals surface area (Å²) >= 11 is 1.76. The van der Waals surface area contributed by atoms with Gasteiger partial charge in [-0.1, -0.05) is 13.3 Å². The number of aliphatic imine (C=N–C) groups is 1. The van der Waals surface area contributed by atoms with Crippen LogP contribution in [0.3, 0.4) is 0 Å². The maximum Gasteiger partial charge on any atom is 0.190 e. The second-order valence-corrected chi connectivity index (χ2v) is 7.44. The van der Waals surface area contributed by atoms with Crippen LogP contribution >= 0.6 is 35.3 Å². The molecule has 0 radical (unpaired) electrons. The van der Waals surface area contributed by atoms with E-state index in [1.54, 1.807) is 11.3 Å². The molecule has 1 aliphatic heterocycles. The standard InChI is InChI=1S/C18H33N5S.HI/c1-4-17-22-16(14-24-17)9-11-21-18(19-3)20-10-7-13-23-12-6-5-8-15(23)2;/h14-15H,4-13H2,1-3H3,(H2,19,20,21);1H. The van der Waals surface area contributed by atoms with Crippen molar-refractivity contribution in [2.45, 2.75) is 58.4 Å². The predicted octanol–water partition coefficient (Wildman–Crippen LogP) is 3.30. The van der Waals surface area contributed by atoms with Crippen molar-refractivity contribution in [3.63, 3.8) is 0 Å². The van der Waals surface area contributed by atoms with Crippen LogP contribution in [0.25, 0.3) is 0 Å². The molecular formula is C18H34IN5S. The van der Waals surface area contributed by atoms with Gasteiger partial charge in [-0.2, -0.15) is 0 Å². The third-order valence-electron chi connectivity index (χ3n) is 4.65. The third kappa shape index (κ3) is 8.21. The second kappa shape index (κ2) is 12.9. The summed E-state index contributed by atoms with van der Waals surface area (Å²) in [4.78, 5) is 11.5. The molecule has 0 saturated carbocycles. The molecule has 2 heterocycles. The number of nitrogens with zero attached hydrogens (tertiary/aromatic N) is 3. The molecule has 0 spiro atoms. The molecule has 7 heteroatoms. The van der Waals surface area contributed by atoms with Gasteiger partial charge in [0.05, 0.1) is 10.7 Å². The molecule has 2 rings (SSSR count). The molecule has 2 N–H and O–H groups in total. The highest BCUT2D eigenvalue weighted by Crippen LogP contribution is 2.16. The highest BCUT2D eigenvalue weighted by Gasteiger charge is 2.17. The fraction of sp³-hybridized carbons (Fsp3) is 0.778. The molecule has 1 saturated heterocycles. The molecule has 1 aromatic rings. The Morgan fingerprint density at radius 2 is 2.16 bits per heavy atom. The van der Waals surface area contributed by atoms with Crippen LogP contribution in [0, 0.1) is 0 Å². The summed E-state index contributed by atoms with van der Waals surface area (Å²) in [6, 6.07) is 0.752. The van der Waals surface area contributed by atoms with Crippen LogP contribution in [0.2, 0.25) is 0 Å². The monoisotopic (exact) mass is 479 g/mol. The van der Waals surface area contributed by atoms with Gasteiger partial charge in [-0.25, -0.2) is 4.98 Å². The topological polar surface area (TPSA) is 52.6 Å². The Morgan fingerprint density at radius 3 is 2.84 bits per heavy atom. The molecule has 0 aliphatic carbocycles. The van der Waals surface area contributed by atoms with Crippen LogP contribution in [0.4, 0.5) is 0 Å². The zero-order valence-electron chi connectivity index (χ0n) is 15.9. The van der Waals surface area contributed by atoms with Gasteiger partial charge in [0.2, 0.25) is 0 Å². The van der Waals surface area contributed by atoms with Crippen LogP contribution in [0.5, 0.6) is 0 Å². The molecular weight excluding hydrogens is 445 g/mol. The van der Waals surface area contributed by atoms with Crippen molar-refractivity contribution in [1.29, 1.82) is 0 Å². The zero-order valence-corrected chi connectivity index (χ0v) is 19.0. The number of nitrogens with one attached hydrogen (secondary N) is 2. The van der Waals surface area contributed by atoms with Crippen LogP contribution in [0.15, 0.2) is 10.4 Å². The first kappa shape index (κ1) is 22.6. The summed E-state index contributed by atoms with van der Waals surface area (Å²) in [7, 11) is 1.83. The number of rotatable bonds is 8. The lowest BCUT2D eigenvalue weighted by molar-refractivity contribution is 0.159. The van der Waals surface area contributed by atoms with E-state index in [1.165, 1.54) is 43.1 Å². The summed E-state index contributed by atoms with van der Waals surface area (Å²) in [5.41, 5.74) is 1.18. The Labute approximate surface area is 174 Å². The minimum absolute atomic E-state index is 0. The van der Waals surface area contributed by atoms with Gasteiger partial charge in [0.1, 0.15) is 0 Å². The number of hydrogen-bond donors (Lipinski definition) is 2. The number of piperidine rings is 1. The molecule has 25 heavy (non-hydrogen) atoms. The number of guanidine groups is 1. The SMILES string of the molecule is CCc1nc(CCNC(=NC)NCCCN2CCCCC2C)cs1.I. The van der Waals surface area contributed by atoms with Crippen molar-refractivity contribution in [3.05, 3.63) is 16.1 Å². The van der Waals surface area contributed by atoms with Gasteiger partial charge in [0, 0.05) is 44.5 Å². The summed E-state index contributed by atoms with van der Waals surface area (Å²) in [5.74, 6) is 0.896. The quantitative estimate of drug-likeness (QED) is 0.260. The van der Waals surface area contributed by atoms with E-state index in [0.29, 0.717) is 0 Å². The summed E-state index contributed by atoms with van der Waals surface area (Å²) in [5, 5.41) is 10.2. The average Bonchev–Trinajstić information content (AvgIpc) is 3.06. The van der Waals surface area contributed by atoms with Gasteiger partial charge in [-0.15, -0.1) is 35.3 Å². The number of halogens is 1. The molecule has 1 aromatic heterocycles. The lowest BCUT2D eigenvalue weighted by Crippen LogP contribution is -2.41. The van der Waals surface area contributed by atoms with Gasteiger partial charge >= 0.3 is 0 Å². The molecule has 1 aliphatic rings. The van der Waals surface area contributed by atoms with Crippen molar-refractivity contribution in [2.75, 3.05) is 33.2 Å². The molecule has 1 atom stereocenters. The lowest BCUT2D eigenvalue weighted by atomic mass is 10.0. The van der Waals surface area contributed by atoms with Crippen molar-refractivity contribution >= 4 is 41.3 Å². The molecule has 5 nitrogen and oxygen atoms in total. The highest BCUT2D eigenvalue weighted by atomic mass is 127. The molecule has 0 aromatic carbocycles. The summed E-state index contributed by atoms with van der Waals surface area (Å²) < 4.78 is 0. The van der Waals surface area contributed by atoms with E-state index in [0.717, 1.165) is 44.4 Å². The number of aryl methyl sites for hydroxylation is 1. The minimum atomic E-state index is 0. The van der Waals surface area contributed by atoms with Crippen molar-refractivity contribution in [1.82, 2.24) is 20.5 Å². The van der Waals surface area contributed by atoms with Crippen molar-refractivity contribution < 1.29 is 0 Å². The van der Waals surface area contributed by atoms with E-state index < -0.39 is 0 Å². The second-order valence-electron chi connectivity index (χ2n) is 6.50. The third-order valence-corrected chi connectivity index (χ3v) is 5.70. The van der Waals surface area contributed by atoms with E-state index in [9.17, 15) is 0 Å². The Hall–Kier alpha value is -0.410. The maximum absolute atomic E-state index is 4.60. The first-order valence-electron chi connectivity index (χ1n) is 9.34. The summed E-state index contributed by atoms with van der Waals surface area (Å²) in [6.07, 6.45) is 7.24. The molecule has 0 amide bonds. The Bertz CT molecular complexity index is 505. The minimum Gasteiger partial charge on any atom is -0.356 e. The Balaban J connectivity index is 0.00000312. The average molecular weight is 479 g/mol. The van der Waals surface area contributed by atoms with E-state index in [2.05, 4.69) is 44.7 Å². The lowest BCUT2D eigenvalue weighted by Gasteiger charge is -2.33. The van der Waals surface area contributed by atoms with Crippen LogP contribution in [-0.4, -0.2) is 55.1 Å². The number of aromatic nitrogens is 1. The number of hydrogen-bond acceptors (Lipinski definition) is 4. The van der Waals surface area contributed by atoms with Crippen molar-refractivity contribution in [2.24, 2.45) is 4.99 Å². The van der Waals surface area contributed by atoms with E-state index >= 15 is 0 Å². The van der Waals surface area contributed by atoms with Crippen LogP contribution < -0.4 is 10.6 Å². The molecule has 1 unspecified atom stereocenters. The normalized spacial score (nSPS) is 18.7. The summed E-state index contributed by atoms with van der Waals surface area (Å²) in [6.45, 7) is 8.80. The van der Waals surface area contributed by atoms with Gasteiger partial charge < -0.3 is 15.5 Å². The largest absolute Gasteiger partial charge is 0.356 e. The molecule has 0 bridgehead atoms. The first-order valence-corrected chi connectivity index (χ1v) is 10.2. The molecule has 1 fully saturated rings. The van der Waals surface area contributed by atoms with Crippen molar-refractivity contribution in [3.8, 4) is 0 Å². The highest BCUT2D eigenvalue weighted by molar-refractivity contribution is 14.0. The van der Waals surface area contributed by atoms with Crippen LogP contribution in [-0.2, 0) is 12.8 Å². The predicted molar refractivity (Wildman–Crippen MR) is 119 cm³/mol. The fourth-order valence-electron chi connectivity index (χ4n) is 3.13. The molecule has 144 valence electrons. The zero-order chi connectivity index (χ0) is 17.2. The number of likely N-dealkylation sites (tertiary alicyclic amines) is 1. The van der Waals surface area contributed by atoms with Gasteiger partial charge in [-0.3, -0.25) is 4.99 Å². The van der Waals surface area contributed by atoms with E-state index in [1.807, 2.05) is 7.05 Å². The first-order chi connectivity index (χ1) is 11.7. The fourth-order valence-corrected chi connectivity index (χ4v) is 3.91. The van der Waals surface area contributed by atoms with E-state index in [4.69, 9.17) is 0 Å². The van der Waals surface area contributed by atoms with Crippen LogP contribution in [0.1, 0.15) is 50.2 Å². The maximum atomic E-state index is 4.60. The Morgan fingerprint density at radius 1 is 1.36 bits per heavy atom. The van der Waals surface area contributed by atoms with Gasteiger partial charge in [0.15, 0.2) is 5.96 Å². The van der Waals surface area contributed by atoms with Gasteiger partial charge in [0.25, 0.3) is 0 Å². The smallest absolute Gasteiger partial charge is 0.190 e.